The van der Waals surface area contributed by atoms with E-state index >= 15 is 0 Å². The summed E-state index contributed by atoms with van der Waals surface area (Å²) in [5, 5.41) is 3.62. The number of ether oxygens (including phenoxy) is 1. The molecule has 0 amide bonds. The molecule has 3 unspecified atom stereocenters. The van der Waals surface area contributed by atoms with Crippen LogP contribution in [-0.4, -0.2) is 31.8 Å². The molecule has 0 heterocycles. The van der Waals surface area contributed by atoms with Gasteiger partial charge in [-0.1, -0.05) is 6.92 Å². The maximum atomic E-state index is 5.76. The first-order valence-corrected chi connectivity index (χ1v) is 5.56. The number of nitrogens with one attached hydrogen (secondary N) is 1. The van der Waals surface area contributed by atoms with Gasteiger partial charge in [0.05, 0.1) is 12.1 Å². The fourth-order valence-electron chi connectivity index (χ4n) is 2.31. The van der Waals surface area contributed by atoms with E-state index < -0.39 is 0 Å². The Hall–Kier alpha value is -0.120. The number of methoxy groups -OCH3 is 1. The van der Waals surface area contributed by atoms with Gasteiger partial charge in [-0.3, -0.25) is 0 Å². The molecule has 1 aliphatic rings. The summed E-state index contributed by atoms with van der Waals surface area (Å²) < 4.78 is 5.19. The third-order valence-electron chi connectivity index (χ3n) is 3.16. The molecule has 0 aliphatic heterocycles. The molecular weight excluding hydrogens is 176 g/mol. The molecule has 0 radical (unpaired) electrons. The van der Waals surface area contributed by atoms with Crippen LogP contribution in [0, 0.1) is 5.92 Å². The summed E-state index contributed by atoms with van der Waals surface area (Å²) >= 11 is 0. The van der Waals surface area contributed by atoms with Crippen LogP contribution in [0.15, 0.2) is 0 Å². The highest BCUT2D eigenvalue weighted by molar-refractivity contribution is 4.90. The average molecular weight is 200 g/mol. The quantitative estimate of drug-likeness (QED) is 0.699. The van der Waals surface area contributed by atoms with Crippen LogP contribution >= 0.6 is 0 Å². The van der Waals surface area contributed by atoms with Gasteiger partial charge in [0.15, 0.2) is 0 Å². The molecule has 0 bridgehead atoms. The molecule has 1 aliphatic carbocycles. The Morgan fingerprint density at radius 3 is 2.64 bits per heavy atom. The zero-order valence-corrected chi connectivity index (χ0v) is 9.68. The second-order valence-corrected chi connectivity index (χ2v) is 4.96. The molecule has 1 fully saturated rings. The summed E-state index contributed by atoms with van der Waals surface area (Å²) in [4.78, 5) is 0. The Kier molecular flexibility index (Phi) is 4.35. The fraction of sp³-hybridized carbons (Fsp3) is 1.00. The van der Waals surface area contributed by atoms with Crippen LogP contribution in [0.3, 0.4) is 0 Å². The maximum Gasteiger partial charge on any atom is 0.0654 e. The van der Waals surface area contributed by atoms with Crippen molar-refractivity contribution in [3.05, 3.63) is 0 Å². The largest absolute Gasteiger partial charge is 0.383 e. The second kappa shape index (κ2) is 5.10. The Morgan fingerprint density at radius 2 is 2.21 bits per heavy atom. The van der Waals surface area contributed by atoms with E-state index in [9.17, 15) is 0 Å². The van der Waals surface area contributed by atoms with E-state index in [-0.39, 0.29) is 5.54 Å². The lowest BCUT2D eigenvalue weighted by molar-refractivity contribution is 0.114. The smallest absolute Gasteiger partial charge is 0.0654 e. The van der Waals surface area contributed by atoms with Crippen LogP contribution in [0.1, 0.15) is 33.1 Å². The standard InChI is InChI=1S/C11H24N2O/c1-9-4-5-10(6-9)13-11(2,7-12)8-14-3/h9-10,13H,4-8,12H2,1-3H3. The molecule has 0 spiro atoms. The van der Waals surface area contributed by atoms with Gasteiger partial charge >= 0.3 is 0 Å². The van der Waals surface area contributed by atoms with Crippen molar-refractivity contribution in [1.29, 1.82) is 0 Å². The van der Waals surface area contributed by atoms with Crippen molar-refractivity contribution in [2.75, 3.05) is 20.3 Å². The van der Waals surface area contributed by atoms with Crippen LogP contribution in [-0.2, 0) is 4.74 Å². The minimum absolute atomic E-state index is 0.0521. The highest BCUT2D eigenvalue weighted by Crippen LogP contribution is 2.26. The summed E-state index contributed by atoms with van der Waals surface area (Å²) in [7, 11) is 1.73. The van der Waals surface area contributed by atoms with Crippen molar-refractivity contribution in [2.24, 2.45) is 11.7 Å². The molecule has 0 saturated heterocycles. The zero-order valence-electron chi connectivity index (χ0n) is 9.68. The highest BCUT2D eigenvalue weighted by atomic mass is 16.5. The number of hydrogen-bond donors (Lipinski definition) is 2. The number of nitrogens with two attached hydrogens (primary N) is 1. The molecule has 1 rings (SSSR count). The summed E-state index contributed by atoms with van der Waals surface area (Å²) in [6.07, 6.45) is 3.89. The Morgan fingerprint density at radius 1 is 1.50 bits per heavy atom. The molecule has 0 aromatic carbocycles. The topological polar surface area (TPSA) is 47.3 Å². The molecule has 1 saturated carbocycles. The Balaban J connectivity index is 2.39. The predicted molar refractivity (Wildman–Crippen MR) is 59.3 cm³/mol. The average Bonchev–Trinajstić information content (AvgIpc) is 2.51. The fourth-order valence-corrected chi connectivity index (χ4v) is 2.31. The first-order valence-electron chi connectivity index (χ1n) is 5.56. The molecule has 14 heavy (non-hydrogen) atoms. The summed E-state index contributed by atoms with van der Waals surface area (Å²) in [5.74, 6) is 0.858. The van der Waals surface area contributed by atoms with Crippen molar-refractivity contribution in [2.45, 2.75) is 44.7 Å². The molecule has 3 atom stereocenters. The van der Waals surface area contributed by atoms with Gasteiger partial charge in [-0.05, 0) is 32.1 Å². The molecule has 0 aromatic rings. The van der Waals surface area contributed by atoms with Gasteiger partial charge in [-0.15, -0.1) is 0 Å². The van der Waals surface area contributed by atoms with Crippen LogP contribution in [0.25, 0.3) is 0 Å². The van der Waals surface area contributed by atoms with Crippen LogP contribution in [0.4, 0.5) is 0 Å². The van der Waals surface area contributed by atoms with E-state index in [1.165, 1.54) is 19.3 Å². The van der Waals surface area contributed by atoms with Gasteiger partial charge in [0.1, 0.15) is 0 Å². The van der Waals surface area contributed by atoms with Gasteiger partial charge in [0.25, 0.3) is 0 Å². The first-order chi connectivity index (χ1) is 6.59. The van der Waals surface area contributed by atoms with E-state index in [2.05, 4.69) is 19.2 Å². The van der Waals surface area contributed by atoms with Gasteiger partial charge in [0, 0.05) is 19.7 Å². The van der Waals surface area contributed by atoms with E-state index in [4.69, 9.17) is 10.5 Å². The lowest BCUT2D eigenvalue weighted by Crippen LogP contribution is -2.55. The highest BCUT2D eigenvalue weighted by Gasteiger charge is 2.29. The van der Waals surface area contributed by atoms with Gasteiger partial charge in [-0.25, -0.2) is 0 Å². The third-order valence-corrected chi connectivity index (χ3v) is 3.16. The Labute approximate surface area is 87.4 Å². The maximum absolute atomic E-state index is 5.76. The second-order valence-electron chi connectivity index (χ2n) is 4.96. The van der Waals surface area contributed by atoms with Crippen molar-refractivity contribution >= 4 is 0 Å². The third kappa shape index (κ3) is 3.23. The normalized spacial score (nSPS) is 31.7. The van der Waals surface area contributed by atoms with E-state index in [0.29, 0.717) is 19.2 Å². The molecule has 3 nitrogen and oxygen atoms in total. The Bertz CT molecular complexity index is 175. The molecule has 84 valence electrons. The molecular formula is C11H24N2O. The SMILES string of the molecule is COCC(C)(CN)NC1CCC(C)C1. The van der Waals surface area contributed by atoms with Gasteiger partial charge in [-0.2, -0.15) is 0 Å². The van der Waals surface area contributed by atoms with Crippen molar-refractivity contribution in [3.8, 4) is 0 Å². The van der Waals surface area contributed by atoms with Crippen LogP contribution in [0.5, 0.6) is 0 Å². The summed E-state index contributed by atoms with van der Waals surface area (Å²) in [6.45, 7) is 5.78. The minimum Gasteiger partial charge on any atom is -0.383 e. The molecule has 3 heteroatoms. The van der Waals surface area contributed by atoms with Gasteiger partial charge in [0.2, 0.25) is 0 Å². The van der Waals surface area contributed by atoms with Crippen LogP contribution < -0.4 is 11.1 Å². The monoisotopic (exact) mass is 200 g/mol. The van der Waals surface area contributed by atoms with Crippen molar-refractivity contribution in [3.63, 3.8) is 0 Å². The van der Waals surface area contributed by atoms with Crippen molar-refractivity contribution < 1.29 is 4.74 Å². The molecule has 0 aromatic heterocycles. The van der Waals surface area contributed by atoms with E-state index in [0.717, 1.165) is 5.92 Å². The van der Waals surface area contributed by atoms with E-state index in [1.807, 2.05) is 0 Å². The van der Waals surface area contributed by atoms with E-state index in [1.54, 1.807) is 7.11 Å². The van der Waals surface area contributed by atoms with Crippen LogP contribution in [0.2, 0.25) is 0 Å². The lowest BCUT2D eigenvalue weighted by Gasteiger charge is -2.32. The van der Waals surface area contributed by atoms with Crippen molar-refractivity contribution in [1.82, 2.24) is 5.32 Å². The zero-order chi connectivity index (χ0) is 10.6. The predicted octanol–water partition coefficient (Wildman–Crippen LogP) is 1.13. The number of hydrogen-bond acceptors (Lipinski definition) is 3. The van der Waals surface area contributed by atoms with Gasteiger partial charge < -0.3 is 15.8 Å². The minimum atomic E-state index is -0.0521. The molecule has 3 N–H and O–H groups in total. The summed E-state index contributed by atoms with van der Waals surface area (Å²) in [6, 6.07) is 0.633. The number of rotatable bonds is 5. The first kappa shape index (κ1) is 12.0. The lowest BCUT2D eigenvalue weighted by atomic mass is 10.0. The summed E-state index contributed by atoms with van der Waals surface area (Å²) in [5.41, 5.74) is 5.71.